The van der Waals surface area contributed by atoms with E-state index in [0.29, 0.717) is 12.2 Å². The number of carbonyl (C=O) groups excluding carboxylic acids is 3. The Morgan fingerprint density at radius 2 is 1.72 bits per heavy atom. The molecule has 138 valence electrons. The van der Waals surface area contributed by atoms with E-state index in [1.54, 1.807) is 38.1 Å². The number of carbonyl (C=O) groups is 3. The number of rotatable bonds is 11. The minimum absolute atomic E-state index is 0.0879. The topological polar surface area (TPSA) is 81.7 Å². The predicted molar refractivity (Wildman–Crippen MR) is 94.3 cm³/mol. The van der Waals surface area contributed by atoms with Crippen LogP contribution in [0.2, 0.25) is 0 Å². The fourth-order valence-electron chi connectivity index (χ4n) is 2.19. The molecule has 0 fully saturated rings. The number of hydrogen-bond acceptors (Lipinski definition) is 6. The molecule has 0 saturated heterocycles. The van der Waals surface area contributed by atoms with Gasteiger partial charge in [0, 0.05) is 12.0 Å². The number of hydrogen-bond donors (Lipinski definition) is 1. The van der Waals surface area contributed by atoms with Crippen molar-refractivity contribution < 1.29 is 23.9 Å². The number of Topliss-reactive ketones (excluding diaryl/α,β-unsaturated/α-hetero) is 1. The van der Waals surface area contributed by atoms with Gasteiger partial charge in [-0.25, -0.2) is 0 Å². The highest BCUT2D eigenvalue weighted by atomic mass is 16.5. The van der Waals surface area contributed by atoms with Crippen LogP contribution in [0, 0.1) is 0 Å². The molecule has 1 N–H and O–H groups in total. The van der Waals surface area contributed by atoms with E-state index in [2.05, 4.69) is 5.32 Å². The largest absolute Gasteiger partial charge is 0.465 e. The van der Waals surface area contributed by atoms with Crippen LogP contribution in [-0.4, -0.2) is 43.0 Å². The van der Waals surface area contributed by atoms with E-state index < -0.39 is 24.0 Å². The molecule has 1 rings (SSSR count). The van der Waals surface area contributed by atoms with Crippen LogP contribution in [0.25, 0.3) is 0 Å². The molecule has 0 heterocycles. The van der Waals surface area contributed by atoms with Gasteiger partial charge < -0.3 is 9.47 Å². The summed E-state index contributed by atoms with van der Waals surface area (Å²) in [6.45, 7) is 5.84. The molecule has 25 heavy (non-hydrogen) atoms. The van der Waals surface area contributed by atoms with Crippen LogP contribution in [0.1, 0.15) is 50.4 Å². The first-order valence-electron chi connectivity index (χ1n) is 8.67. The fourth-order valence-corrected chi connectivity index (χ4v) is 2.19. The number of esters is 2. The molecule has 0 aromatic heterocycles. The van der Waals surface area contributed by atoms with Gasteiger partial charge in [0.25, 0.3) is 0 Å². The van der Waals surface area contributed by atoms with Crippen LogP contribution in [0.3, 0.4) is 0 Å². The average Bonchev–Trinajstić information content (AvgIpc) is 2.62. The van der Waals surface area contributed by atoms with Gasteiger partial charge in [0.2, 0.25) is 0 Å². The molecule has 0 aliphatic heterocycles. The molecule has 0 bridgehead atoms. The molecule has 0 saturated carbocycles. The Bertz CT molecular complexity index is 558. The maximum absolute atomic E-state index is 12.4. The molecule has 1 aromatic carbocycles. The van der Waals surface area contributed by atoms with Crippen LogP contribution in [0.15, 0.2) is 30.3 Å². The van der Waals surface area contributed by atoms with Crippen LogP contribution < -0.4 is 5.32 Å². The van der Waals surface area contributed by atoms with Crippen LogP contribution in [0.5, 0.6) is 0 Å². The van der Waals surface area contributed by atoms with Gasteiger partial charge in [-0.15, -0.1) is 0 Å². The smallest absolute Gasteiger partial charge is 0.323 e. The van der Waals surface area contributed by atoms with Crippen molar-refractivity contribution in [3.8, 4) is 0 Å². The molecule has 0 spiro atoms. The van der Waals surface area contributed by atoms with E-state index in [9.17, 15) is 14.4 Å². The second-order valence-corrected chi connectivity index (χ2v) is 5.71. The van der Waals surface area contributed by atoms with Crippen molar-refractivity contribution in [2.24, 2.45) is 0 Å². The van der Waals surface area contributed by atoms with Gasteiger partial charge in [-0.05, 0) is 20.3 Å². The van der Waals surface area contributed by atoms with E-state index >= 15 is 0 Å². The number of ketones is 1. The summed E-state index contributed by atoms with van der Waals surface area (Å²) in [6.07, 6.45) is 1.62. The number of ether oxygens (including phenoxy) is 2. The normalized spacial score (nSPS) is 12.9. The van der Waals surface area contributed by atoms with Gasteiger partial charge in [0.15, 0.2) is 5.78 Å². The monoisotopic (exact) mass is 349 g/mol. The third-order valence-electron chi connectivity index (χ3n) is 3.60. The Kier molecular flexibility index (Phi) is 9.47. The zero-order valence-electron chi connectivity index (χ0n) is 15.1. The quantitative estimate of drug-likeness (QED) is 0.375. The minimum Gasteiger partial charge on any atom is -0.465 e. The predicted octanol–water partition coefficient (Wildman–Crippen LogP) is 2.51. The van der Waals surface area contributed by atoms with Crippen molar-refractivity contribution >= 4 is 17.7 Å². The van der Waals surface area contributed by atoms with Gasteiger partial charge in [-0.3, -0.25) is 19.7 Å². The summed E-state index contributed by atoms with van der Waals surface area (Å²) in [7, 11) is 0. The third kappa shape index (κ3) is 7.47. The Balaban J connectivity index is 2.71. The zero-order chi connectivity index (χ0) is 18.7. The standard InChI is InChI=1S/C19H27NO5/c1-4-6-12-25-18(22)14(3)20-16(19(23)24-5-2)13-17(21)15-10-8-7-9-11-15/h7-11,14,16,20H,4-6,12-13H2,1-3H3/t14-,16+/m0/s1. The second-order valence-electron chi connectivity index (χ2n) is 5.71. The summed E-state index contributed by atoms with van der Waals surface area (Å²) in [5.41, 5.74) is 0.511. The first-order valence-corrected chi connectivity index (χ1v) is 8.67. The maximum Gasteiger partial charge on any atom is 0.323 e. The van der Waals surface area contributed by atoms with Crippen LogP contribution in [-0.2, 0) is 19.1 Å². The summed E-state index contributed by atoms with van der Waals surface area (Å²) < 4.78 is 10.2. The molecular formula is C19H27NO5. The summed E-state index contributed by atoms with van der Waals surface area (Å²) in [6, 6.07) is 7.09. The molecule has 0 aliphatic carbocycles. The fraction of sp³-hybridized carbons (Fsp3) is 0.526. The molecule has 2 atom stereocenters. The van der Waals surface area contributed by atoms with Crippen molar-refractivity contribution in [2.45, 2.75) is 52.1 Å². The van der Waals surface area contributed by atoms with Gasteiger partial charge in [-0.1, -0.05) is 43.7 Å². The van der Waals surface area contributed by atoms with E-state index in [0.717, 1.165) is 12.8 Å². The van der Waals surface area contributed by atoms with Gasteiger partial charge in [0.05, 0.1) is 13.2 Å². The van der Waals surface area contributed by atoms with Crippen molar-refractivity contribution in [1.29, 1.82) is 0 Å². The van der Waals surface area contributed by atoms with Crippen LogP contribution in [0.4, 0.5) is 0 Å². The number of benzene rings is 1. The van der Waals surface area contributed by atoms with Crippen molar-refractivity contribution in [1.82, 2.24) is 5.32 Å². The molecule has 0 aliphatic rings. The second kappa shape index (κ2) is 11.4. The lowest BCUT2D eigenvalue weighted by atomic mass is 10.0. The van der Waals surface area contributed by atoms with E-state index in [1.165, 1.54) is 0 Å². The van der Waals surface area contributed by atoms with Crippen molar-refractivity contribution in [2.75, 3.05) is 13.2 Å². The molecular weight excluding hydrogens is 322 g/mol. The molecule has 1 aromatic rings. The van der Waals surface area contributed by atoms with E-state index in [-0.39, 0.29) is 18.8 Å². The first-order chi connectivity index (χ1) is 12.0. The highest BCUT2D eigenvalue weighted by Crippen LogP contribution is 2.08. The molecule has 6 nitrogen and oxygen atoms in total. The van der Waals surface area contributed by atoms with Gasteiger partial charge in [-0.2, -0.15) is 0 Å². The number of nitrogens with one attached hydrogen (secondary N) is 1. The molecule has 0 radical (unpaired) electrons. The minimum atomic E-state index is -0.901. The van der Waals surface area contributed by atoms with Crippen molar-refractivity contribution in [3.63, 3.8) is 0 Å². The Morgan fingerprint density at radius 3 is 2.32 bits per heavy atom. The highest BCUT2D eigenvalue weighted by molar-refractivity contribution is 5.99. The zero-order valence-corrected chi connectivity index (χ0v) is 15.1. The van der Waals surface area contributed by atoms with Gasteiger partial charge >= 0.3 is 11.9 Å². The average molecular weight is 349 g/mol. The molecule has 6 heteroatoms. The third-order valence-corrected chi connectivity index (χ3v) is 3.60. The van der Waals surface area contributed by atoms with Crippen LogP contribution >= 0.6 is 0 Å². The van der Waals surface area contributed by atoms with E-state index in [1.807, 2.05) is 13.0 Å². The summed E-state index contributed by atoms with van der Waals surface area (Å²) >= 11 is 0. The van der Waals surface area contributed by atoms with Crippen molar-refractivity contribution in [3.05, 3.63) is 35.9 Å². The lowest BCUT2D eigenvalue weighted by Crippen LogP contribution is -2.48. The summed E-state index contributed by atoms with van der Waals surface area (Å²) in [4.78, 5) is 36.5. The molecule has 0 unspecified atom stereocenters. The number of unbranched alkanes of at least 4 members (excludes halogenated alkanes) is 1. The molecule has 0 amide bonds. The van der Waals surface area contributed by atoms with E-state index in [4.69, 9.17) is 9.47 Å². The summed E-state index contributed by atoms with van der Waals surface area (Å²) in [5.74, 6) is -1.20. The summed E-state index contributed by atoms with van der Waals surface area (Å²) in [5, 5.41) is 2.86. The maximum atomic E-state index is 12.4. The Labute approximate surface area is 148 Å². The Hall–Kier alpha value is -2.21. The lowest BCUT2D eigenvalue weighted by molar-refractivity contribution is -0.148. The Morgan fingerprint density at radius 1 is 1.04 bits per heavy atom. The SMILES string of the molecule is CCCCOC(=O)[C@H](C)N[C@H](CC(=O)c1ccccc1)C(=O)OCC. The first kappa shape index (κ1) is 20.8. The lowest BCUT2D eigenvalue weighted by Gasteiger charge is -2.20. The van der Waals surface area contributed by atoms with Gasteiger partial charge in [0.1, 0.15) is 12.1 Å². The highest BCUT2D eigenvalue weighted by Gasteiger charge is 2.28.